The lowest BCUT2D eigenvalue weighted by Gasteiger charge is -2.23. The van der Waals surface area contributed by atoms with Gasteiger partial charge in [-0.15, -0.1) is 5.10 Å². The number of benzene rings is 2. The zero-order valence-electron chi connectivity index (χ0n) is 16.1. The SMILES string of the molecule is Cc1c(C(=O)Nc2cc(F)ccc2Oc2ccccc2)nnn1C1CCNCC1. The first-order chi connectivity index (χ1) is 14.1. The predicted octanol–water partition coefficient (Wildman–Crippen LogP) is 3.69. The first-order valence-electron chi connectivity index (χ1n) is 9.58. The number of carbonyl (C=O) groups is 1. The average Bonchev–Trinajstić information content (AvgIpc) is 3.13. The number of hydrogen-bond acceptors (Lipinski definition) is 5. The van der Waals surface area contributed by atoms with E-state index >= 15 is 0 Å². The van der Waals surface area contributed by atoms with Crippen LogP contribution in [0.25, 0.3) is 0 Å². The molecule has 1 saturated heterocycles. The van der Waals surface area contributed by atoms with Crippen molar-refractivity contribution in [3.05, 3.63) is 65.7 Å². The van der Waals surface area contributed by atoms with E-state index < -0.39 is 11.7 Å². The van der Waals surface area contributed by atoms with Crippen molar-refractivity contribution >= 4 is 11.6 Å². The lowest BCUT2D eigenvalue weighted by molar-refractivity contribution is 0.102. The van der Waals surface area contributed by atoms with Gasteiger partial charge in [0.05, 0.1) is 17.4 Å². The Labute approximate surface area is 167 Å². The number of carbonyl (C=O) groups excluding carboxylic acids is 1. The molecule has 3 aromatic rings. The Hall–Kier alpha value is -3.26. The quantitative estimate of drug-likeness (QED) is 0.689. The Bertz CT molecular complexity index is 1000. The summed E-state index contributed by atoms with van der Waals surface area (Å²) in [6.07, 6.45) is 1.87. The van der Waals surface area contributed by atoms with E-state index in [1.165, 1.54) is 18.2 Å². The van der Waals surface area contributed by atoms with Gasteiger partial charge in [-0.3, -0.25) is 4.79 Å². The highest BCUT2D eigenvalue weighted by molar-refractivity contribution is 6.04. The molecule has 0 spiro atoms. The predicted molar refractivity (Wildman–Crippen MR) is 107 cm³/mol. The number of hydrogen-bond donors (Lipinski definition) is 2. The van der Waals surface area contributed by atoms with E-state index in [4.69, 9.17) is 4.74 Å². The van der Waals surface area contributed by atoms with Crippen LogP contribution in [0.5, 0.6) is 11.5 Å². The molecule has 0 unspecified atom stereocenters. The number of anilines is 1. The second-order valence-corrected chi connectivity index (χ2v) is 6.96. The van der Waals surface area contributed by atoms with Gasteiger partial charge in [0, 0.05) is 6.07 Å². The van der Waals surface area contributed by atoms with E-state index in [1.54, 1.807) is 12.1 Å². The normalized spacial score (nSPS) is 14.6. The number of piperidine rings is 1. The van der Waals surface area contributed by atoms with E-state index in [9.17, 15) is 9.18 Å². The van der Waals surface area contributed by atoms with Crippen molar-refractivity contribution in [2.45, 2.75) is 25.8 Å². The van der Waals surface area contributed by atoms with Crippen molar-refractivity contribution in [1.29, 1.82) is 0 Å². The standard InChI is InChI=1S/C21H22FN5O2/c1-14-20(25-26-27(14)16-9-11-23-12-10-16)21(28)24-18-13-15(22)7-8-19(18)29-17-5-3-2-4-6-17/h2-8,13,16,23H,9-12H2,1H3,(H,24,28). The molecule has 7 nitrogen and oxygen atoms in total. The molecule has 2 N–H and O–H groups in total. The van der Waals surface area contributed by atoms with Crippen LogP contribution in [0.4, 0.5) is 10.1 Å². The lowest BCUT2D eigenvalue weighted by atomic mass is 10.1. The van der Waals surface area contributed by atoms with Crippen LogP contribution in [-0.2, 0) is 0 Å². The number of halogens is 1. The molecule has 4 rings (SSSR count). The lowest BCUT2D eigenvalue weighted by Crippen LogP contribution is -2.30. The summed E-state index contributed by atoms with van der Waals surface area (Å²) in [5.41, 5.74) is 1.14. The van der Waals surface area contributed by atoms with E-state index in [-0.39, 0.29) is 17.4 Å². The van der Waals surface area contributed by atoms with Gasteiger partial charge < -0.3 is 15.4 Å². The first kappa shape index (κ1) is 19.1. The van der Waals surface area contributed by atoms with Gasteiger partial charge in [-0.1, -0.05) is 23.4 Å². The number of para-hydroxylation sites is 1. The molecule has 0 saturated carbocycles. The van der Waals surface area contributed by atoms with Gasteiger partial charge in [-0.2, -0.15) is 0 Å². The minimum Gasteiger partial charge on any atom is -0.455 e. The minimum atomic E-state index is -0.476. The summed E-state index contributed by atoms with van der Waals surface area (Å²) in [5.74, 6) is -0.000945. The van der Waals surface area contributed by atoms with Crippen LogP contribution < -0.4 is 15.4 Å². The summed E-state index contributed by atoms with van der Waals surface area (Å²) in [4.78, 5) is 12.8. The number of nitrogens with zero attached hydrogens (tertiary/aromatic N) is 3. The third-order valence-corrected chi connectivity index (χ3v) is 4.96. The fourth-order valence-corrected chi connectivity index (χ4v) is 3.43. The summed E-state index contributed by atoms with van der Waals surface area (Å²) in [6.45, 7) is 3.65. The number of rotatable bonds is 5. The molecular formula is C21H22FN5O2. The number of aromatic nitrogens is 3. The van der Waals surface area contributed by atoms with Gasteiger partial charge in [0.2, 0.25) is 0 Å². The number of ether oxygens (including phenoxy) is 1. The van der Waals surface area contributed by atoms with Crippen LogP contribution in [-0.4, -0.2) is 34.0 Å². The molecule has 1 aliphatic heterocycles. The van der Waals surface area contributed by atoms with Crippen molar-refractivity contribution in [1.82, 2.24) is 20.3 Å². The van der Waals surface area contributed by atoms with E-state index in [0.717, 1.165) is 25.9 Å². The van der Waals surface area contributed by atoms with Gasteiger partial charge in [-0.25, -0.2) is 9.07 Å². The van der Waals surface area contributed by atoms with Crippen molar-refractivity contribution in [2.24, 2.45) is 0 Å². The third kappa shape index (κ3) is 4.27. The topological polar surface area (TPSA) is 81.1 Å². The van der Waals surface area contributed by atoms with E-state index in [2.05, 4.69) is 20.9 Å². The Morgan fingerprint density at radius 2 is 1.97 bits per heavy atom. The zero-order valence-corrected chi connectivity index (χ0v) is 16.1. The highest BCUT2D eigenvalue weighted by Crippen LogP contribution is 2.31. The first-order valence-corrected chi connectivity index (χ1v) is 9.58. The van der Waals surface area contributed by atoms with Crippen LogP contribution in [0.1, 0.15) is 35.1 Å². The third-order valence-electron chi connectivity index (χ3n) is 4.96. The smallest absolute Gasteiger partial charge is 0.278 e. The van der Waals surface area contributed by atoms with Crippen LogP contribution in [0.3, 0.4) is 0 Å². The minimum absolute atomic E-state index is 0.219. The van der Waals surface area contributed by atoms with Gasteiger partial charge >= 0.3 is 0 Å². The Morgan fingerprint density at radius 3 is 2.72 bits per heavy atom. The molecule has 1 amide bonds. The maximum atomic E-state index is 13.8. The summed E-state index contributed by atoms with van der Waals surface area (Å²) < 4.78 is 21.4. The van der Waals surface area contributed by atoms with Gasteiger partial charge in [0.15, 0.2) is 11.4 Å². The van der Waals surface area contributed by atoms with Crippen molar-refractivity contribution in [2.75, 3.05) is 18.4 Å². The Kier molecular flexibility index (Phi) is 5.53. The number of amides is 1. The summed E-state index contributed by atoms with van der Waals surface area (Å²) >= 11 is 0. The Balaban J connectivity index is 1.55. The second kappa shape index (κ2) is 8.40. The highest BCUT2D eigenvalue weighted by atomic mass is 19.1. The van der Waals surface area contributed by atoms with Gasteiger partial charge in [0.1, 0.15) is 11.6 Å². The molecule has 150 valence electrons. The zero-order chi connectivity index (χ0) is 20.2. The molecule has 0 radical (unpaired) electrons. The number of nitrogens with one attached hydrogen (secondary N) is 2. The van der Waals surface area contributed by atoms with Crippen LogP contribution in [0, 0.1) is 12.7 Å². The maximum Gasteiger partial charge on any atom is 0.278 e. The summed E-state index contributed by atoms with van der Waals surface area (Å²) in [7, 11) is 0. The molecule has 0 atom stereocenters. The van der Waals surface area contributed by atoms with Crippen molar-refractivity contribution in [3.63, 3.8) is 0 Å². The van der Waals surface area contributed by atoms with Crippen LogP contribution in [0.15, 0.2) is 48.5 Å². The molecule has 1 aromatic heterocycles. The van der Waals surface area contributed by atoms with E-state index in [0.29, 0.717) is 17.2 Å². The maximum absolute atomic E-state index is 13.8. The molecule has 8 heteroatoms. The second-order valence-electron chi connectivity index (χ2n) is 6.96. The monoisotopic (exact) mass is 395 g/mol. The molecule has 1 fully saturated rings. The molecule has 29 heavy (non-hydrogen) atoms. The van der Waals surface area contributed by atoms with Crippen molar-refractivity contribution < 1.29 is 13.9 Å². The molecule has 0 aliphatic carbocycles. The van der Waals surface area contributed by atoms with E-state index in [1.807, 2.05) is 29.8 Å². The fraction of sp³-hybridized carbons (Fsp3) is 0.286. The molecule has 2 aromatic carbocycles. The molecule has 0 bridgehead atoms. The Morgan fingerprint density at radius 1 is 1.21 bits per heavy atom. The molecule has 2 heterocycles. The molecular weight excluding hydrogens is 373 g/mol. The average molecular weight is 395 g/mol. The highest BCUT2D eigenvalue weighted by Gasteiger charge is 2.23. The van der Waals surface area contributed by atoms with Gasteiger partial charge in [0.25, 0.3) is 5.91 Å². The van der Waals surface area contributed by atoms with Crippen molar-refractivity contribution in [3.8, 4) is 11.5 Å². The molecule has 1 aliphatic rings. The van der Waals surface area contributed by atoms with Gasteiger partial charge in [-0.05, 0) is 57.1 Å². The summed E-state index contributed by atoms with van der Waals surface area (Å²) in [5, 5.41) is 14.3. The van der Waals surface area contributed by atoms with Crippen LogP contribution >= 0.6 is 0 Å². The van der Waals surface area contributed by atoms with Crippen LogP contribution in [0.2, 0.25) is 0 Å². The summed E-state index contributed by atoms with van der Waals surface area (Å²) in [6, 6.07) is 13.3. The largest absolute Gasteiger partial charge is 0.455 e. The fourth-order valence-electron chi connectivity index (χ4n) is 3.43.